The Morgan fingerprint density at radius 2 is 2.12 bits per heavy atom. The number of ether oxygens (including phenoxy) is 1. The van der Waals surface area contributed by atoms with Gasteiger partial charge in [-0.3, -0.25) is 4.79 Å². The van der Waals surface area contributed by atoms with Crippen LogP contribution in [-0.2, 0) is 4.79 Å². The number of hydrogen-bond donors (Lipinski definition) is 2. The second-order valence-corrected chi connectivity index (χ2v) is 6.80. The van der Waals surface area contributed by atoms with E-state index in [2.05, 4.69) is 15.4 Å². The molecule has 0 saturated heterocycles. The highest BCUT2D eigenvalue weighted by Gasteiger charge is 2.33. The van der Waals surface area contributed by atoms with Crippen LogP contribution in [-0.4, -0.2) is 32.7 Å². The first-order valence-electron chi connectivity index (χ1n) is 8.12. The number of carbonyl (C=O) groups excluding carboxylic acids is 1. The zero-order chi connectivity index (χ0) is 18.6. The smallest absolute Gasteiger partial charge is 0.226 e. The molecule has 1 unspecified atom stereocenters. The predicted molar refractivity (Wildman–Crippen MR) is 97.2 cm³/mol. The summed E-state index contributed by atoms with van der Waals surface area (Å²) >= 11 is 6.16. The number of aryl methyl sites for hydroxylation is 2. The Labute approximate surface area is 154 Å². The summed E-state index contributed by atoms with van der Waals surface area (Å²) in [5.74, 6) is 0.205. The Morgan fingerprint density at radius 3 is 2.85 bits per heavy atom. The molecule has 4 rings (SSSR count). The molecule has 1 amide bonds. The summed E-state index contributed by atoms with van der Waals surface area (Å²) in [7, 11) is 1.46. The SMILES string of the molecule is COc1cc(C2CC(=O)Nc3nn4c(C)cc(C)nc4c32)cc(Cl)c1O. The van der Waals surface area contributed by atoms with E-state index < -0.39 is 0 Å². The van der Waals surface area contributed by atoms with Crippen LogP contribution in [0.25, 0.3) is 5.65 Å². The molecule has 2 aromatic heterocycles. The van der Waals surface area contributed by atoms with Crippen LogP contribution < -0.4 is 10.1 Å². The summed E-state index contributed by atoms with van der Waals surface area (Å²) < 4.78 is 6.94. The molecule has 26 heavy (non-hydrogen) atoms. The van der Waals surface area contributed by atoms with Crippen molar-refractivity contribution in [3.63, 3.8) is 0 Å². The van der Waals surface area contributed by atoms with E-state index in [1.54, 1.807) is 16.6 Å². The predicted octanol–water partition coefficient (Wildman–Crippen LogP) is 3.19. The standard InChI is InChI=1S/C18H17ClN4O3/c1-8-4-9(2)23-18(20-8)15-11(7-14(24)21-17(15)22-23)10-5-12(19)16(25)13(6-10)26-3/h4-6,11,25H,7H2,1-3H3,(H,21,22,24). The van der Waals surface area contributed by atoms with Crippen molar-refractivity contribution in [2.75, 3.05) is 12.4 Å². The highest BCUT2D eigenvalue weighted by molar-refractivity contribution is 6.32. The van der Waals surface area contributed by atoms with Gasteiger partial charge in [0.15, 0.2) is 23.0 Å². The van der Waals surface area contributed by atoms with E-state index in [9.17, 15) is 9.90 Å². The molecule has 2 N–H and O–H groups in total. The summed E-state index contributed by atoms with van der Waals surface area (Å²) in [6, 6.07) is 5.28. The average molecular weight is 373 g/mol. The normalized spacial score (nSPS) is 16.5. The number of phenolic OH excluding ortho intramolecular Hbond substituents is 1. The number of aromatic nitrogens is 3. The number of carbonyl (C=O) groups is 1. The lowest BCUT2D eigenvalue weighted by molar-refractivity contribution is -0.116. The van der Waals surface area contributed by atoms with Gasteiger partial charge in [0, 0.05) is 29.3 Å². The van der Waals surface area contributed by atoms with Gasteiger partial charge in [-0.1, -0.05) is 11.6 Å². The van der Waals surface area contributed by atoms with Crippen LogP contribution in [0.1, 0.15) is 34.9 Å². The molecular weight excluding hydrogens is 356 g/mol. The maximum absolute atomic E-state index is 12.3. The number of aromatic hydroxyl groups is 1. The van der Waals surface area contributed by atoms with Gasteiger partial charge in [0.2, 0.25) is 5.91 Å². The monoisotopic (exact) mass is 372 g/mol. The Balaban J connectivity index is 1.98. The molecule has 1 atom stereocenters. The quantitative estimate of drug-likeness (QED) is 0.721. The number of amides is 1. The number of halogens is 1. The molecule has 0 fully saturated rings. The number of benzene rings is 1. The summed E-state index contributed by atoms with van der Waals surface area (Å²) in [5.41, 5.74) is 4.09. The number of phenols is 1. The lowest BCUT2D eigenvalue weighted by atomic mass is 9.86. The molecule has 8 heteroatoms. The number of rotatable bonds is 2. The van der Waals surface area contributed by atoms with Gasteiger partial charge in [-0.15, -0.1) is 5.10 Å². The largest absolute Gasteiger partial charge is 0.503 e. The topological polar surface area (TPSA) is 88.8 Å². The molecule has 3 heterocycles. The van der Waals surface area contributed by atoms with E-state index in [1.807, 2.05) is 19.9 Å². The van der Waals surface area contributed by atoms with Gasteiger partial charge in [-0.2, -0.15) is 0 Å². The van der Waals surface area contributed by atoms with Crippen LogP contribution in [0.15, 0.2) is 18.2 Å². The maximum Gasteiger partial charge on any atom is 0.226 e. The zero-order valence-electron chi connectivity index (χ0n) is 14.5. The first kappa shape index (κ1) is 16.7. The van der Waals surface area contributed by atoms with Gasteiger partial charge in [-0.25, -0.2) is 9.50 Å². The van der Waals surface area contributed by atoms with Crippen LogP contribution in [0.3, 0.4) is 0 Å². The summed E-state index contributed by atoms with van der Waals surface area (Å²) in [5, 5.41) is 17.5. The summed E-state index contributed by atoms with van der Waals surface area (Å²) in [6.45, 7) is 3.86. The molecular formula is C18H17ClN4O3. The van der Waals surface area contributed by atoms with Crippen molar-refractivity contribution in [2.24, 2.45) is 0 Å². The van der Waals surface area contributed by atoms with Crippen molar-refractivity contribution < 1.29 is 14.6 Å². The number of nitrogens with zero attached hydrogens (tertiary/aromatic N) is 3. The van der Waals surface area contributed by atoms with Gasteiger partial charge >= 0.3 is 0 Å². The van der Waals surface area contributed by atoms with E-state index in [1.165, 1.54) is 7.11 Å². The van der Waals surface area contributed by atoms with Gasteiger partial charge < -0.3 is 15.2 Å². The second kappa shape index (κ2) is 5.88. The maximum atomic E-state index is 12.3. The van der Waals surface area contributed by atoms with Crippen molar-refractivity contribution in [2.45, 2.75) is 26.2 Å². The fourth-order valence-corrected chi connectivity index (χ4v) is 3.68. The molecule has 0 spiro atoms. The van der Waals surface area contributed by atoms with Gasteiger partial charge in [-0.05, 0) is 37.6 Å². The van der Waals surface area contributed by atoms with Crippen molar-refractivity contribution in [1.29, 1.82) is 0 Å². The number of hydrogen-bond acceptors (Lipinski definition) is 5. The van der Waals surface area contributed by atoms with Crippen LogP contribution in [0.5, 0.6) is 11.5 Å². The fraction of sp³-hybridized carbons (Fsp3) is 0.278. The average Bonchev–Trinajstić information content (AvgIpc) is 2.95. The highest BCUT2D eigenvalue weighted by Crippen LogP contribution is 2.43. The molecule has 3 aromatic rings. The number of anilines is 1. The van der Waals surface area contributed by atoms with Crippen LogP contribution in [0, 0.1) is 13.8 Å². The Hall–Kier alpha value is -2.80. The Bertz CT molecular complexity index is 1060. The molecule has 1 aliphatic heterocycles. The number of methoxy groups -OCH3 is 1. The van der Waals surface area contributed by atoms with E-state index in [4.69, 9.17) is 16.3 Å². The molecule has 1 aromatic carbocycles. The van der Waals surface area contributed by atoms with Crippen LogP contribution in [0.4, 0.5) is 5.82 Å². The van der Waals surface area contributed by atoms with Gasteiger partial charge in [0.1, 0.15) is 0 Å². The van der Waals surface area contributed by atoms with Crippen LogP contribution >= 0.6 is 11.6 Å². The third-order valence-corrected chi connectivity index (χ3v) is 4.89. The number of nitrogens with one attached hydrogen (secondary N) is 1. The summed E-state index contributed by atoms with van der Waals surface area (Å²) in [4.78, 5) is 16.9. The number of fused-ring (bicyclic) bond motifs is 3. The van der Waals surface area contributed by atoms with Gasteiger partial charge in [0.05, 0.1) is 12.1 Å². The van der Waals surface area contributed by atoms with E-state index in [0.29, 0.717) is 11.5 Å². The fourth-order valence-electron chi connectivity index (χ4n) is 3.46. The Morgan fingerprint density at radius 1 is 1.35 bits per heavy atom. The Kier molecular flexibility index (Phi) is 3.77. The van der Waals surface area contributed by atoms with Crippen molar-refractivity contribution in [1.82, 2.24) is 14.6 Å². The van der Waals surface area contributed by atoms with Crippen molar-refractivity contribution >= 4 is 29.0 Å². The molecule has 1 aliphatic rings. The van der Waals surface area contributed by atoms with Crippen molar-refractivity contribution in [3.8, 4) is 11.5 Å². The van der Waals surface area contributed by atoms with Gasteiger partial charge in [0.25, 0.3) is 0 Å². The zero-order valence-corrected chi connectivity index (χ0v) is 15.3. The van der Waals surface area contributed by atoms with E-state index >= 15 is 0 Å². The lowest BCUT2D eigenvalue weighted by Crippen LogP contribution is -2.23. The highest BCUT2D eigenvalue weighted by atomic mass is 35.5. The lowest BCUT2D eigenvalue weighted by Gasteiger charge is -2.23. The van der Waals surface area contributed by atoms with E-state index in [-0.39, 0.29) is 34.8 Å². The molecule has 7 nitrogen and oxygen atoms in total. The molecule has 134 valence electrons. The van der Waals surface area contributed by atoms with E-state index in [0.717, 1.165) is 22.5 Å². The first-order chi connectivity index (χ1) is 12.4. The minimum absolute atomic E-state index is 0.122. The third kappa shape index (κ3) is 2.47. The first-order valence-corrected chi connectivity index (χ1v) is 8.50. The molecule has 0 radical (unpaired) electrons. The molecule has 0 bridgehead atoms. The van der Waals surface area contributed by atoms with Crippen LogP contribution in [0.2, 0.25) is 5.02 Å². The van der Waals surface area contributed by atoms with Crippen molar-refractivity contribution in [3.05, 3.63) is 45.7 Å². The molecule has 0 saturated carbocycles. The minimum Gasteiger partial charge on any atom is -0.503 e. The molecule has 0 aliphatic carbocycles. The minimum atomic E-state index is -0.294. The second-order valence-electron chi connectivity index (χ2n) is 6.40. The third-order valence-electron chi connectivity index (χ3n) is 4.60. The summed E-state index contributed by atoms with van der Waals surface area (Å²) in [6.07, 6.45) is 0.229.